The zero-order valence-corrected chi connectivity index (χ0v) is 11.2. The maximum Gasteiger partial charge on any atom is 0.462 e. The summed E-state index contributed by atoms with van der Waals surface area (Å²) in [6.07, 6.45) is -41.9. The summed E-state index contributed by atoms with van der Waals surface area (Å²) in [5.41, 5.74) is 0. The number of ether oxygens (including phenoxy) is 2. The summed E-state index contributed by atoms with van der Waals surface area (Å²) < 4.78 is 211. The average Bonchev–Trinajstić information content (AvgIpc) is 2.33. The molecule has 163 valence electrons. The molecular weight excluding hydrogens is 451 g/mol. The van der Waals surface area contributed by atoms with Crippen LogP contribution in [0.15, 0.2) is 0 Å². The Hall–Kier alpha value is -1.27. The Balaban J connectivity index is 6.21. The molecule has 1 radical (unpaired) electrons. The first kappa shape index (κ1) is 25.7. The first-order valence-electron chi connectivity index (χ1n) is 5.28. The molecule has 19 heteroatoms. The molecule has 0 spiro atoms. The summed E-state index contributed by atoms with van der Waals surface area (Å²) in [5, 5.41) is 0. The quantitative estimate of drug-likeness (QED) is 0.486. The summed E-state index contributed by atoms with van der Waals surface area (Å²) in [4.78, 5) is 0. The third-order valence-corrected chi connectivity index (χ3v) is 2.17. The minimum Gasteiger partial charge on any atom is -0.265 e. The highest BCUT2D eigenvalue weighted by Crippen LogP contribution is 2.55. The van der Waals surface area contributed by atoms with E-state index in [-0.39, 0.29) is 0 Å². The van der Waals surface area contributed by atoms with Gasteiger partial charge in [-0.3, -0.25) is 9.47 Å². The van der Waals surface area contributed by atoms with Gasteiger partial charge in [0.1, 0.15) is 0 Å². The highest BCUT2D eigenvalue weighted by atomic mass is 19.4. The Morgan fingerprint density at radius 3 is 1.15 bits per heavy atom. The summed E-state index contributed by atoms with van der Waals surface area (Å²) in [6, 6.07) is 0. The summed E-state index contributed by atoms with van der Waals surface area (Å²) in [6.45, 7) is 0. The van der Waals surface area contributed by atoms with Gasteiger partial charge in [-0.2, -0.15) is 74.6 Å². The topological polar surface area (TPSA) is 18.5 Å². The van der Waals surface area contributed by atoms with E-state index in [1.54, 1.807) is 4.74 Å². The van der Waals surface area contributed by atoms with Crippen molar-refractivity contribution in [3.63, 3.8) is 0 Å². The Labute approximate surface area is 134 Å². The second-order valence-electron chi connectivity index (χ2n) is 4.17. The van der Waals surface area contributed by atoms with Gasteiger partial charge >= 0.3 is 48.9 Å². The number of hydrogen-bond donors (Lipinski definition) is 0. The molecule has 0 fully saturated rings. The molecule has 2 nitrogen and oxygen atoms in total. The van der Waals surface area contributed by atoms with E-state index in [1.807, 2.05) is 0 Å². The fourth-order valence-corrected chi connectivity index (χ4v) is 0.924. The lowest BCUT2D eigenvalue weighted by atomic mass is 10.2. The molecule has 1 atom stereocenters. The standard InChI is InChI=1S/C8F17O2/c9-1(2(10,11)12)26-8(24,25)4(15,6(19,20)21)27-7(22,23)3(13,14)5(16,17)18. The molecule has 0 saturated heterocycles. The SMILES string of the molecule is F[C](OC(F)(F)C(F)(OC(F)(F)C(F)(F)C(F)(F)F)C(F)(F)F)C(F)(F)F. The molecule has 0 aliphatic rings. The first-order valence-corrected chi connectivity index (χ1v) is 5.28. The van der Waals surface area contributed by atoms with Crippen molar-refractivity contribution in [3.8, 4) is 0 Å². The van der Waals surface area contributed by atoms with Crippen molar-refractivity contribution in [1.29, 1.82) is 0 Å². The van der Waals surface area contributed by atoms with Gasteiger partial charge in [0.2, 0.25) is 0 Å². The highest BCUT2D eigenvalue weighted by Gasteiger charge is 2.84. The predicted octanol–water partition coefficient (Wildman–Crippen LogP) is 5.65. The third kappa shape index (κ3) is 4.77. The molecular formula is C8F17O2. The number of rotatable bonds is 6. The molecule has 0 aliphatic carbocycles. The zero-order chi connectivity index (χ0) is 22.5. The molecule has 0 aliphatic heterocycles. The van der Waals surface area contributed by atoms with E-state index in [1.165, 1.54) is 4.74 Å². The zero-order valence-electron chi connectivity index (χ0n) is 11.2. The molecule has 0 amide bonds. The van der Waals surface area contributed by atoms with Crippen LogP contribution in [0.3, 0.4) is 0 Å². The van der Waals surface area contributed by atoms with Crippen LogP contribution in [-0.4, -0.2) is 42.5 Å². The molecule has 0 bridgehead atoms. The minimum absolute atomic E-state index is 1.24. The van der Waals surface area contributed by atoms with Crippen molar-refractivity contribution in [2.45, 2.75) is 42.5 Å². The van der Waals surface area contributed by atoms with Gasteiger partial charge in [-0.1, -0.05) is 0 Å². The van der Waals surface area contributed by atoms with E-state index in [0.717, 1.165) is 0 Å². The lowest BCUT2D eigenvalue weighted by Crippen LogP contribution is -2.65. The highest BCUT2D eigenvalue weighted by molar-refractivity contribution is 4.94. The van der Waals surface area contributed by atoms with E-state index in [0.29, 0.717) is 0 Å². The molecule has 0 aromatic heterocycles. The van der Waals surface area contributed by atoms with Crippen molar-refractivity contribution in [2.24, 2.45) is 0 Å². The molecule has 0 aromatic carbocycles. The van der Waals surface area contributed by atoms with Gasteiger partial charge in [0.25, 0.3) is 0 Å². The average molecular weight is 451 g/mol. The normalized spacial score (nSPS) is 18.0. The van der Waals surface area contributed by atoms with Crippen molar-refractivity contribution in [2.75, 3.05) is 0 Å². The van der Waals surface area contributed by atoms with Crippen LogP contribution >= 0.6 is 0 Å². The molecule has 0 saturated carbocycles. The van der Waals surface area contributed by atoms with Gasteiger partial charge in [-0.25, -0.2) is 0 Å². The number of halogens is 17. The van der Waals surface area contributed by atoms with Crippen LogP contribution in [0.4, 0.5) is 74.6 Å². The third-order valence-electron chi connectivity index (χ3n) is 2.17. The Morgan fingerprint density at radius 1 is 0.519 bits per heavy atom. The minimum atomic E-state index is -7.80. The molecule has 27 heavy (non-hydrogen) atoms. The van der Waals surface area contributed by atoms with E-state index in [2.05, 4.69) is 0 Å². The van der Waals surface area contributed by atoms with E-state index < -0.39 is 48.9 Å². The summed E-state index contributed by atoms with van der Waals surface area (Å²) in [5.74, 6) is -15.6. The summed E-state index contributed by atoms with van der Waals surface area (Å²) in [7, 11) is 0. The lowest BCUT2D eigenvalue weighted by molar-refractivity contribution is -0.536. The van der Waals surface area contributed by atoms with Gasteiger partial charge in [-0.15, -0.1) is 0 Å². The van der Waals surface area contributed by atoms with Crippen LogP contribution in [0.5, 0.6) is 0 Å². The van der Waals surface area contributed by atoms with Crippen LogP contribution in [-0.2, 0) is 9.47 Å². The molecule has 0 heterocycles. The largest absolute Gasteiger partial charge is 0.462 e. The predicted molar refractivity (Wildman–Crippen MR) is 43.4 cm³/mol. The van der Waals surface area contributed by atoms with Crippen molar-refractivity contribution in [3.05, 3.63) is 6.36 Å². The Bertz CT molecular complexity index is 514. The van der Waals surface area contributed by atoms with Crippen LogP contribution in [0, 0.1) is 6.36 Å². The smallest absolute Gasteiger partial charge is 0.265 e. The first-order chi connectivity index (χ1) is 11.3. The van der Waals surface area contributed by atoms with E-state index in [4.69, 9.17) is 0 Å². The van der Waals surface area contributed by atoms with Gasteiger partial charge in [0.15, 0.2) is 0 Å². The van der Waals surface area contributed by atoms with Gasteiger partial charge in [-0.05, 0) is 0 Å². The number of hydrogen-bond acceptors (Lipinski definition) is 2. The van der Waals surface area contributed by atoms with Crippen molar-refractivity contribution in [1.82, 2.24) is 0 Å². The maximum atomic E-state index is 13.3. The number of alkyl halides is 16. The van der Waals surface area contributed by atoms with E-state index >= 15 is 0 Å². The van der Waals surface area contributed by atoms with Crippen LogP contribution in [0.2, 0.25) is 0 Å². The van der Waals surface area contributed by atoms with Crippen molar-refractivity contribution < 1.29 is 84.1 Å². The monoisotopic (exact) mass is 451 g/mol. The molecule has 0 aromatic rings. The van der Waals surface area contributed by atoms with Crippen LogP contribution in [0.25, 0.3) is 0 Å². The fraction of sp³-hybridized carbons (Fsp3) is 0.875. The molecule has 0 rings (SSSR count). The second-order valence-corrected chi connectivity index (χ2v) is 4.17. The fourth-order valence-electron chi connectivity index (χ4n) is 0.924. The Morgan fingerprint density at radius 2 is 0.889 bits per heavy atom. The maximum absolute atomic E-state index is 13.3. The van der Waals surface area contributed by atoms with Crippen LogP contribution in [0.1, 0.15) is 0 Å². The van der Waals surface area contributed by atoms with Crippen LogP contribution < -0.4 is 0 Å². The van der Waals surface area contributed by atoms with Crippen molar-refractivity contribution >= 4 is 0 Å². The van der Waals surface area contributed by atoms with Gasteiger partial charge in [0.05, 0.1) is 0 Å². The molecule has 1 unspecified atom stereocenters. The van der Waals surface area contributed by atoms with Gasteiger partial charge < -0.3 is 0 Å². The lowest BCUT2D eigenvalue weighted by Gasteiger charge is -2.38. The van der Waals surface area contributed by atoms with E-state index in [9.17, 15) is 74.6 Å². The van der Waals surface area contributed by atoms with Gasteiger partial charge in [0, 0.05) is 0 Å². The summed E-state index contributed by atoms with van der Waals surface area (Å²) >= 11 is 0. The second kappa shape index (κ2) is 6.66. The molecule has 0 N–H and O–H groups in total. The Kier molecular flexibility index (Phi) is 6.35.